The van der Waals surface area contributed by atoms with E-state index in [1.165, 1.54) is 12.3 Å². The molecule has 0 aliphatic rings. The molecule has 0 bridgehead atoms. The maximum Gasteiger partial charge on any atom is 0.422 e. The Morgan fingerprint density at radius 2 is 1.97 bits per heavy atom. The number of nitrogens with zero attached hydrogens (tertiary/aromatic N) is 3. The van der Waals surface area contributed by atoms with Gasteiger partial charge < -0.3 is 19.7 Å². The van der Waals surface area contributed by atoms with Gasteiger partial charge >= 0.3 is 6.18 Å². The summed E-state index contributed by atoms with van der Waals surface area (Å²) < 4.78 is 46.8. The minimum absolute atomic E-state index is 0. The van der Waals surface area contributed by atoms with E-state index in [4.69, 9.17) is 4.74 Å². The molecule has 10 heteroatoms. The van der Waals surface area contributed by atoms with Gasteiger partial charge in [0.1, 0.15) is 5.75 Å². The Morgan fingerprint density at radius 1 is 1.24 bits per heavy atom. The molecule has 1 aromatic heterocycles. The highest BCUT2D eigenvalue weighted by atomic mass is 127. The Morgan fingerprint density at radius 3 is 2.62 bits per heavy atom. The zero-order valence-corrected chi connectivity index (χ0v) is 18.7. The summed E-state index contributed by atoms with van der Waals surface area (Å²) in [5.41, 5.74) is 1.72. The first-order valence-electron chi connectivity index (χ1n) is 8.50. The van der Waals surface area contributed by atoms with Crippen molar-refractivity contribution in [2.75, 3.05) is 27.8 Å². The number of guanidine groups is 1. The van der Waals surface area contributed by atoms with Crippen molar-refractivity contribution in [2.45, 2.75) is 19.3 Å². The lowest BCUT2D eigenvalue weighted by molar-refractivity contribution is -0.154. The lowest BCUT2D eigenvalue weighted by Crippen LogP contribution is -2.38. The van der Waals surface area contributed by atoms with E-state index in [-0.39, 0.29) is 29.9 Å². The molecule has 0 fully saturated rings. The lowest BCUT2D eigenvalue weighted by Gasteiger charge is -2.23. The van der Waals surface area contributed by atoms with Gasteiger partial charge in [0.15, 0.2) is 12.6 Å². The molecule has 0 saturated carbocycles. The number of aromatic nitrogens is 1. The van der Waals surface area contributed by atoms with Crippen LogP contribution in [0.5, 0.6) is 11.6 Å². The third-order valence-electron chi connectivity index (χ3n) is 3.81. The van der Waals surface area contributed by atoms with Crippen LogP contribution in [0.1, 0.15) is 11.1 Å². The second kappa shape index (κ2) is 11.7. The van der Waals surface area contributed by atoms with Crippen LogP contribution in [0.2, 0.25) is 0 Å². The molecular weight excluding hydrogens is 500 g/mol. The first kappa shape index (κ1) is 24.8. The summed E-state index contributed by atoms with van der Waals surface area (Å²) in [6.45, 7) is -0.450. The summed E-state index contributed by atoms with van der Waals surface area (Å²) in [6, 6.07) is 10.8. The number of nitrogens with one attached hydrogen (secondary N) is 1. The fourth-order valence-electron chi connectivity index (χ4n) is 2.52. The van der Waals surface area contributed by atoms with Gasteiger partial charge in [-0.15, -0.1) is 24.0 Å². The van der Waals surface area contributed by atoms with Crippen molar-refractivity contribution in [2.24, 2.45) is 4.99 Å². The molecule has 0 atom stereocenters. The Hall–Kier alpha value is -2.24. The Balaban J connectivity index is 0.00000420. The van der Waals surface area contributed by atoms with Crippen LogP contribution >= 0.6 is 24.0 Å². The molecule has 0 aliphatic heterocycles. The molecule has 0 radical (unpaired) electrons. The van der Waals surface area contributed by atoms with Crippen LogP contribution in [0.4, 0.5) is 13.2 Å². The van der Waals surface area contributed by atoms with Crippen molar-refractivity contribution < 1.29 is 22.6 Å². The molecule has 0 aliphatic carbocycles. The van der Waals surface area contributed by atoms with Crippen molar-refractivity contribution in [3.63, 3.8) is 0 Å². The van der Waals surface area contributed by atoms with E-state index in [0.29, 0.717) is 19.0 Å². The number of benzene rings is 1. The molecule has 0 spiro atoms. The molecule has 2 rings (SSSR count). The maximum absolute atomic E-state index is 12.3. The van der Waals surface area contributed by atoms with Crippen LogP contribution in [-0.4, -0.2) is 49.8 Å². The molecule has 1 heterocycles. The molecule has 6 nitrogen and oxygen atoms in total. The van der Waals surface area contributed by atoms with E-state index in [9.17, 15) is 13.2 Å². The molecule has 2 aromatic rings. The third kappa shape index (κ3) is 8.34. The number of hydrogen-bond acceptors (Lipinski definition) is 4. The quantitative estimate of drug-likeness (QED) is 0.339. The highest BCUT2D eigenvalue weighted by molar-refractivity contribution is 14.0. The van der Waals surface area contributed by atoms with Gasteiger partial charge in [-0.3, -0.25) is 4.99 Å². The van der Waals surface area contributed by atoms with Crippen molar-refractivity contribution in [1.82, 2.24) is 15.2 Å². The number of rotatable bonds is 7. The topological polar surface area (TPSA) is 59.0 Å². The molecule has 29 heavy (non-hydrogen) atoms. The van der Waals surface area contributed by atoms with Gasteiger partial charge in [0, 0.05) is 45.0 Å². The fraction of sp³-hybridized carbons (Fsp3) is 0.368. The number of para-hydroxylation sites is 1. The van der Waals surface area contributed by atoms with E-state index in [1.54, 1.807) is 20.2 Å². The highest BCUT2D eigenvalue weighted by Gasteiger charge is 2.28. The Labute approximate surface area is 185 Å². The number of methoxy groups -OCH3 is 1. The van der Waals surface area contributed by atoms with Crippen LogP contribution in [-0.2, 0) is 13.1 Å². The largest absolute Gasteiger partial charge is 0.496 e. The molecule has 0 unspecified atom stereocenters. The van der Waals surface area contributed by atoms with Gasteiger partial charge in [-0.2, -0.15) is 13.2 Å². The molecule has 0 amide bonds. The van der Waals surface area contributed by atoms with Crippen LogP contribution in [0.25, 0.3) is 0 Å². The summed E-state index contributed by atoms with van der Waals surface area (Å²) in [4.78, 5) is 9.95. The highest BCUT2D eigenvalue weighted by Crippen LogP contribution is 2.19. The second-order valence-corrected chi connectivity index (χ2v) is 5.97. The number of aliphatic imine (C=N–C) groups is 1. The number of halogens is 4. The summed E-state index contributed by atoms with van der Waals surface area (Å²) in [5, 5.41) is 3.17. The molecule has 160 valence electrons. The third-order valence-corrected chi connectivity index (χ3v) is 3.81. The maximum atomic E-state index is 12.3. The number of pyridine rings is 1. The number of alkyl halides is 3. The van der Waals surface area contributed by atoms with Crippen molar-refractivity contribution in [1.29, 1.82) is 0 Å². The predicted molar refractivity (Wildman–Crippen MR) is 116 cm³/mol. The van der Waals surface area contributed by atoms with Crippen LogP contribution < -0.4 is 14.8 Å². The van der Waals surface area contributed by atoms with Gasteiger partial charge in [0.05, 0.1) is 7.11 Å². The summed E-state index contributed by atoms with van der Waals surface area (Å²) >= 11 is 0. The Bertz CT molecular complexity index is 803. The first-order valence-corrected chi connectivity index (χ1v) is 8.50. The van der Waals surface area contributed by atoms with E-state index in [0.717, 1.165) is 16.9 Å². The molecule has 0 saturated heterocycles. The first-order chi connectivity index (χ1) is 13.3. The molecule has 1 aromatic carbocycles. The fourth-order valence-corrected chi connectivity index (χ4v) is 2.52. The SMILES string of the molecule is CN=C(NCc1ccnc(OCC(F)(F)F)c1)N(C)Cc1ccccc1OC.I. The van der Waals surface area contributed by atoms with Gasteiger partial charge in [-0.25, -0.2) is 4.98 Å². The van der Waals surface area contributed by atoms with Crippen molar-refractivity contribution >= 4 is 29.9 Å². The van der Waals surface area contributed by atoms with Crippen LogP contribution in [0.3, 0.4) is 0 Å². The number of ether oxygens (including phenoxy) is 2. The monoisotopic (exact) mass is 524 g/mol. The number of hydrogen-bond donors (Lipinski definition) is 1. The van der Waals surface area contributed by atoms with Crippen LogP contribution in [0, 0.1) is 0 Å². The predicted octanol–water partition coefficient (Wildman–Crippen LogP) is 3.86. The van der Waals surface area contributed by atoms with Crippen molar-refractivity contribution in [3.05, 3.63) is 53.7 Å². The van der Waals surface area contributed by atoms with Crippen molar-refractivity contribution in [3.8, 4) is 11.6 Å². The Kier molecular flexibility index (Phi) is 9.99. The lowest BCUT2D eigenvalue weighted by atomic mass is 10.2. The van der Waals surface area contributed by atoms with Gasteiger partial charge in [0.25, 0.3) is 0 Å². The summed E-state index contributed by atoms with van der Waals surface area (Å²) in [6.07, 6.45) is -3.00. The normalized spacial score (nSPS) is 11.4. The summed E-state index contributed by atoms with van der Waals surface area (Å²) in [7, 11) is 5.16. The van der Waals surface area contributed by atoms with E-state index < -0.39 is 12.8 Å². The zero-order valence-electron chi connectivity index (χ0n) is 16.4. The van der Waals surface area contributed by atoms with Crippen LogP contribution in [0.15, 0.2) is 47.6 Å². The standard InChI is InChI=1S/C19H23F3N4O2.HI/c1-23-18(26(2)12-15-6-4-5-7-16(15)27-3)25-11-14-8-9-24-17(10-14)28-13-19(20,21)22;/h4-10H,11-13H2,1-3H3,(H,23,25);1H. The van der Waals surface area contributed by atoms with Gasteiger partial charge in [-0.1, -0.05) is 18.2 Å². The average Bonchev–Trinajstić information content (AvgIpc) is 2.67. The smallest absolute Gasteiger partial charge is 0.422 e. The minimum atomic E-state index is -4.40. The van der Waals surface area contributed by atoms with Gasteiger partial charge in [-0.05, 0) is 17.7 Å². The van der Waals surface area contributed by atoms with E-state index in [1.807, 2.05) is 36.2 Å². The minimum Gasteiger partial charge on any atom is -0.496 e. The molecule has 1 N–H and O–H groups in total. The van der Waals surface area contributed by atoms with E-state index >= 15 is 0 Å². The van der Waals surface area contributed by atoms with Gasteiger partial charge in [0.2, 0.25) is 5.88 Å². The van der Waals surface area contributed by atoms with E-state index in [2.05, 4.69) is 20.0 Å². The zero-order chi connectivity index (χ0) is 20.6. The summed E-state index contributed by atoms with van der Waals surface area (Å²) in [5.74, 6) is 1.33. The average molecular weight is 524 g/mol. The second-order valence-electron chi connectivity index (χ2n) is 5.97. The molecular formula is C19H24F3IN4O2.